The van der Waals surface area contributed by atoms with Crippen molar-refractivity contribution >= 4 is 11.9 Å². The van der Waals surface area contributed by atoms with Crippen LogP contribution in [0.5, 0.6) is 0 Å². The lowest BCUT2D eigenvalue weighted by atomic mass is 10.4. The first-order valence-corrected chi connectivity index (χ1v) is 6.13. The summed E-state index contributed by atoms with van der Waals surface area (Å²) in [5.74, 6) is 0.538. The van der Waals surface area contributed by atoms with Crippen molar-refractivity contribution < 1.29 is 9.21 Å². The molecule has 1 heterocycles. The average molecular weight is 255 g/mol. The van der Waals surface area contributed by atoms with Gasteiger partial charge in [-0.3, -0.25) is 4.79 Å². The highest BCUT2D eigenvalue weighted by molar-refractivity contribution is 5.80. The SMILES string of the molecule is CCN(CC)C(=O)CN(C)c1nnc(CCN)o1. The predicted molar refractivity (Wildman–Crippen MR) is 68.3 cm³/mol. The van der Waals surface area contributed by atoms with Gasteiger partial charge in [0.15, 0.2) is 0 Å². The van der Waals surface area contributed by atoms with Crippen molar-refractivity contribution in [3.05, 3.63) is 5.89 Å². The van der Waals surface area contributed by atoms with Gasteiger partial charge >= 0.3 is 6.01 Å². The van der Waals surface area contributed by atoms with E-state index in [1.165, 1.54) is 0 Å². The van der Waals surface area contributed by atoms with E-state index in [0.717, 1.165) is 0 Å². The maximum atomic E-state index is 11.9. The lowest BCUT2D eigenvalue weighted by molar-refractivity contribution is -0.129. The second-order valence-corrected chi connectivity index (χ2v) is 3.94. The minimum absolute atomic E-state index is 0.0427. The monoisotopic (exact) mass is 255 g/mol. The molecule has 0 spiro atoms. The minimum atomic E-state index is 0.0427. The quantitative estimate of drug-likeness (QED) is 0.730. The number of anilines is 1. The molecular formula is C11H21N5O2. The molecule has 0 aromatic carbocycles. The third-order valence-corrected chi connectivity index (χ3v) is 2.63. The first-order chi connectivity index (χ1) is 8.62. The topological polar surface area (TPSA) is 88.5 Å². The van der Waals surface area contributed by atoms with Gasteiger partial charge in [0.05, 0.1) is 0 Å². The fourth-order valence-electron chi connectivity index (χ4n) is 1.57. The molecular weight excluding hydrogens is 234 g/mol. The summed E-state index contributed by atoms with van der Waals surface area (Å²) < 4.78 is 5.39. The molecule has 0 aliphatic rings. The molecule has 102 valence electrons. The molecule has 0 bridgehead atoms. The molecule has 0 saturated heterocycles. The van der Waals surface area contributed by atoms with Gasteiger partial charge in [-0.15, -0.1) is 5.10 Å². The Morgan fingerprint density at radius 1 is 1.33 bits per heavy atom. The van der Waals surface area contributed by atoms with E-state index < -0.39 is 0 Å². The van der Waals surface area contributed by atoms with E-state index in [2.05, 4.69) is 10.2 Å². The Morgan fingerprint density at radius 2 is 2.00 bits per heavy atom. The zero-order valence-corrected chi connectivity index (χ0v) is 11.2. The Balaban J connectivity index is 2.58. The molecule has 0 radical (unpaired) electrons. The van der Waals surface area contributed by atoms with Crippen LogP contribution in [0.2, 0.25) is 0 Å². The molecule has 1 amide bonds. The van der Waals surface area contributed by atoms with Gasteiger partial charge in [0.1, 0.15) is 6.54 Å². The zero-order chi connectivity index (χ0) is 13.5. The van der Waals surface area contributed by atoms with E-state index in [-0.39, 0.29) is 12.5 Å². The fourth-order valence-corrected chi connectivity index (χ4v) is 1.57. The summed E-state index contributed by atoms with van der Waals surface area (Å²) in [4.78, 5) is 15.3. The summed E-state index contributed by atoms with van der Waals surface area (Å²) in [6, 6.07) is 0.346. The summed E-state index contributed by atoms with van der Waals surface area (Å²) in [5, 5.41) is 7.74. The van der Waals surface area contributed by atoms with E-state index in [1.54, 1.807) is 16.8 Å². The van der Waals surface area contributed by atoms with Crippen molar-refractivity contribution in [3.8, 4) is 0 Å². The second kappa shape index (κ2) is 6.95. The molecule has 1 aromatic heterocycles. The van der Waals surface area contributed by atoms with Gasteiger partial charge in [0.25, 0.3) is 0 Å². The fraction of sp³-hybridized carbons (Fsp3) is 0.727. The lowest BCUT2D eigenvalue weighted by Gasteiger charge is -2.21. The smallest absolute Gasteiger partial charge is 0.318 e. The van der Waals surface area contributed by atoms with Gasteiger partial charge in [-0.25, -0.2) is 0 Å². The Kier molecular flexibility index (Phi) is 5.57. The van der Waals surface area contributed by atoms with Crippen LogP contribution in [-0.2, 0) is 11.2 Å². The highest BCUT2D eigenvalue weighted by Gasteiger charge is 2.16. The largest absolute Gasteiger partial charge is 0.408 e. The molecule has 7 heteroatoms. The second-order valence-electron chi connectivity index (χ2n) is 3.94. The summed E-state index contributed by atoms with van der Waals surface area (Å²) >= 11 is 0. The molecule has 0 fully saturated rings. The first-order valence-electron chi connectivity index (χ1n) is 6.13. The number of nitrogens with two attached hydrogens (primary N) is 1. The van der Waals surface area contributed by atoms with Crippen LogP contribution in [0.4, 0.5) is 6.01 Å². The van der Waals surface area contributed by atoms with Crippen molar-refractivity contribution in [2.75, 3.05) is 38.1 Å². The van der Waals surface area contributed by atoms with Gasteiger partial charge in [-0.2, -0.15) is 0 Å². The van der Waals surface area contributed by atoms with E-state index in [4.69, 9.17) is 10.2 Å². The summed E-state index contributed by atoms with van der Waals surface area (Å²) in [6.07, 6.45) is 0.546. The van der Waals surface area contributed by atoms with Crippen LogP contribution >= 0.6 is 0 Å². The summed E-state index contributed by atoms with van der Waals surface area (Å²) in [5.41, 5.74) is 5.40. The molecule has 0 atom stereocenters. The van der Waals surface area contributed by atoms with Gasteiger partial charge < -0.3 is 20.0 Å². The van der Waals surface area contributed by atoms with Crippen LogP contribution in [0.25, 0.3) is 0 Å². The maximum absolute atomic E-state index is 11.9. The van der Waals surface area contributed by atoms with Crippen molar-refractivity contribution in [3.63, 3.8) is 0 Å². The number of nitrogens with zero attached hydrogens (tertiary/aromatic N) is 4. The maximum Gasteiger partial charge on any atom is 0.318 e. The summed E-state index contributed by atoms with van der Waals surface area (Å²) in [7, 11) is 1.75. The molecule has 2 N–H and O–H groups in total. The van der Waals surface area contributed by atoms with E-state index in [1.807, 2.05) is 13.8 Å². The number of likely N-dealkylation sites (N-methyl/N-ethyl adjacent to an activating group) is 2. The standard InChI is InChI=1S/C11H21N5O2/c1-4-16(5-2)10(17)8-15(3)11-14-13-9(18-11)6-7-12/h4-8,12H2,1-3H3. The average Bonchev–Trinajstić information content (AvgIpc) is 2.79. The number of carbonyl (C=O) groups is 1. The van der Waals surface area contributed by atoms with Gasteiger partial charge in [0.2, 0.25) is 11.8 Å². The van der Waals surface area contributed by atoms with Crippen molar-refractivity contribution in [1.29, 1.82) is 0 Å². The highest BCUT2D eigenvalue weighted by Crippen LogP contribution is 2.10. The van der Waals surface area contributed by atoms with E-state index >= 15 is 0 Å². The third-order valence-electron chi connectivity index (χ3n) is 2.63. The van der Waals surface area contributed by atoms with E-state index in [0.29, 0.717) is 38.0 Å². The van der Waals surface area contributed by atoms with Crippen molar-refractivity contribution in [2.24, 2.45) is 5.73 Å². The minimum Gasteiger partial charge on any atom is -0.408 e. The molecule has 0 aliphatic carbocycles. The van der Waals surface area contributed by atoms with Crippen LogP contribution in [0.15, 0.2) is 4.42 Å². The number of aromatic nitrogens is 2. The van der Waals surface area contributed by atoms with Crippen molar-refractivity contribution in [1.82, 2.24) is 15.1 Å². The number of amides is 1. The number of carbonyl (C=O) groups excluding carboxylic acids is 1. The molecule has 0 unspecified atom stereocenters. The van der Waals surface area contributed by atoms with Crippen LogP contribution < -0.4 is 10.6 Å². The number of hydrogen-bond acceptors (Lipinski definition) is 6. The normalized spacial score (nSPS) is 10.4. The molecule has 1 rings (SSSR count). The Labute approximate surface area is 107 Å². The van der Waals surface area contributed by atoms with Crippen LogP contribution in [0.1, 0.15) is 19.7 Å². The van der Waals surface area contributed by atoms with Gasteiger partial charge in [-0.1, -0.05) is 5.10 Å². The third kappa shape index (κ3) is 3.69. The number of rotatable bonds is 7. The Morgan fingerprint density at radius 3 is 2.56 bits per heavy atom. The predicted octanol–water partition coefficient (Wildman–Crippen LogP) is -0.125. The Hall–Kier alpha value is -1.63. The van der Waals surface area contributed by atoms with Crippen LogP contribution in [-0.4, -0.2) is 54.2 Å². The zero-order valence-electron chi connectivity index (χ0n) is 11.2. The molecule has 0 aliphatic heterocycles. The van der Waals surface area contributed by atoms with Crippen LogP contribution in [0.3, 0.4) is 0 Å². The van der Waals surface area contributed by atoms with Gasteiger partial charge in [0, 0.05) is 33.1 Å². The highest BCUT2D eigenvalue weighted by atomic mass is 16.4. The molecule has 7 nitrogen and oxygen atoms in total. The van der Waals surface area contributed by atoms with E-state index in [9.17, 15) is 4.79 Å². The van der Waals surface area contributed by atoms with Gasteiger partial charge in [-0.05, 0) is 13.8 Å². The van der Waals surface area contributed by atoms with Crippen molar-refractivity contribution in [2.45, 2.75) is 20.3 Å². The number of hydrogen-bond donors (Lipinski definition) is 1. The van der Waals surface area contributed by atoms with Crippen LogP contribution in [0, 0.1) is 0 Å². The lowest BCUT2D eigenvalue weighted by Crippen LogP contribution is -2.38. The molecule has 0 saturated carbocycles. The Bertz CT molecular complexity index is 375. The molecule has 18 heavy (non-hydrogen) atoms. The first kappa shape index (κ1) is 14.4. The molecule has 1 aromatic rings. The summed E-state index contributed by atoms with van der Waals surface area (Å²) in [6.45, 7) is 5.99.